The number of anilines is 1. The zero-order valence-electron chi connectivity index (χ0n) is 9.70. The van der Waals surface area contributed by atoms with E-state index in [9.17, 15) is 10.1 Å². The van der Waals surface area contributed by atoms with Gasteiger partial charge < -0.3 is 0 Å². The van der Waals surface area contributed by atoms with Crippen molar-refractivity contribution >= 4 is 17.4 Å². The first-order chi connectivity index (χ1) is 8.19. The van der Waals surface area contributed by atoms with Crippen LogP contribution in [0.3, 0.4) is 0 Å². The van der Waals surface area contributed by atoms with E-state index in [0.717, 1.165) is 11.9 Å². The molecule has 0 fully saturated rings. The minimum Gasteiger partial charge on any atom is -0.268 e. The molecule has 0 aliphatic heterocycles. The van der Waals surface area contributed by atoms with Crippen molar-refractivity contribution in [1.29, 1.82) is 0 Å². The third-order valence-corrected chi connectivity index (χ3v) is 2.56. The normalized spacial score (nSPS) is 11.3. The Bertz CT molecular complexity index is 395. The Labute approximate surface area is 104 Å². The van der Waals surface area contributed by atoms with Crippen molar-refractivity contribution < 1.29 is 9.76 Å². The molecule has 1 aromatic carbocycles. The molecular formula is C11H14N2O3S. The van der Waals surface area contributed by atoms with Crippen LogP contribution in [-0.2, 0) is 4.84 Å². The summed E-state index contributed by atoms with van der Waals surface area (Å²) in [7, 11) is 0. The molecule has 0 atom stereocenters. The second-order valence-corrected chi connectivity index (χ2v) is 3.83. The number of nitrogens with zero attached hydrogens (tertiary/aromatic N) is 2. The van der Waals surface area contributed by atoms with Crippen LogP contribution in [0.1, 0.15) is 6.92 Å². The number of para-hydroxylation sites is 1. The third-order valence-electron chi connectivity index (χ3n) is 1.87. The summed E-state index contributed by atoms with van der Waals surface area (Å²) < 4.78 is 0. The quantitative estimate of drug-likeness (QED) is 0.577. The van der Waals surface area contributed by atoms with Gasteiger partial charge in [0.1, 0.15) is 0 Å². The molecule has 0 bridgehead atoms. The minimum absolute atomic E-state index is 0.433. The molecule has 5 nitrogen and oxygen atoms in total. The van der Waals surface area contributed by atoms with Crippen LogP contribution in [0.5, 0.6) is 0 Å². The van der Waals surface area contributed by atoms with Crippen molar-refractivity contribution in [2.75, 3.05) is 17.9 Å². The molecule has 0 aromatic heterocycles. The first kappa shape index (κ1) is 13.5. The largest absolute Gasteiger partial charge is 0.268 e. The first-order valence-corrected chi connectivity index (χ1v) is 6.29. The molecule has 0 amide bonds. The fraction of sp³-hybridized carbons (Fsp3) is 0.273. The highest BCUT2D eigenvalue weighted by molar-refractivity contribution is 8.02. The molecule has 0 aliphatic rings. The zero-order valence-corrected chi connectivity index (χ0v) is 10.5. The summed E-state index contributed by atoms with van der Waals surface area (Å²) in [5.74, 6) is 0. The van der Waals surface area contributed by atoms with Crippen molar-refractivity contribution in [3.63, 3.8) is 0 Å². The smallest absolute Gasteiger partial charge is 0.266 e. The van der Waals surface area contributed by atoms with Gasteiger partial charge in [0, 0.05) is 0 Å². The maximum Gasteiger partial charge on any atom is 0.266 e. The molecule has 1 aromatic rings. The van der Waals surface area contributed by atoms with Crippen LogP contribution in [0.15, 0.2) is 41.6 Å². The van der Waals surface area contributed by atoms with Gasteiger partial charge in [0.2, 0.25) is 0 Å². The van der Waals surface area contributed by atoms with Gasteiger partial charge >= 0.3 is 0 Å². The Kier molecular flexibility index (Phi) is 5.51. The number of benzene rings is 1. The average molecular weight is 254 g/mol. The lowest BCUT2D eigenvalue weighted by atomic mass is 10.3. The second-order valence-electron chi connectivity index (χ2n) is 3.00. The van der Waals surface area contributed by atoms with Gasteiger partial charge in [-0.1, -0.05) is 18.2 Å². The van der Waals surface area contributed by atoms with Gasteiger partial charge in [-0.05, 0) is 25.3 Å². The van der Waals surface area contributed by atoms with Gasteiger partial charge in [0.05, 0.1) is 17.2 Å². The summed E-state index contributed by atoms with van der Waals surface area (Å²) in [6, 6.07) is 9.25. The Balaban J connectivity index is 3.03. The number of hydrogen-bond acceptors (Lipinski definition) is 5. The van der Waals surface area contributed by atoms with Crippen molar-refractivity contribution in [2.24, 2.45) is 0 Å². The fourth-order valence-corrected chi connectivity index (χ4v) is 1.75. The zero-order chi connectivity index (χ0) is 12.7. The van der Waals surface area contributed by atoms with E-state index in [0.29, 0.717) is 11.6 Å². The highest BCUT2D eigenvalue weighted by Crippen LogP contribution is 2.25. The van der Waals surface area contributed by atoms with Crippen LogP contribution in [-0.4, -0.2) is 17.8 Å². The van der Waals surface area contributed by atoms with E-state index >= 15 is 0 Å². The standard InChI is InChI=1S/C11H14N2O3S/c1-3-16-13(10-7-5-4-6-8-10)11(17-2)9-12(14)15/h4-9H,3H2,1-2H3. The predicted molar refractivity (Wildman–Crippen MR) is 69.1 cm³/mol. The monoisotopic (exact) mass is 254 g/mol. The molecule has 17 heavy (non-hydrogen) atoms. The van der Waals surface area contributed by atoms with E-state index in [4.69, 9.17) is 4.84 Å². The van der Waals surface area contributed by atoms with Crippen LogP contribution in [0.2, 0.25) is 0 Å². The van der Waals surface area contributed by atoms with E-state index in [1.165, 1.54) is 16.8 Å². The van der Waals surface area contributed by atoms with Crippen molar-refractivity contribution in [2.45, 2.75) is 6.92 Å². The lowest BCUT2D eigenvalue weighted by Gasteiger charge is -2.22. The molecule has 0 aliphatic carbocycles. The molecule has 0 saturated heterocycles. The Hall–Kier alpha value is -1.53. The summed E-state index contributed by atoms with van der Waals surface area (Å²) >= 11 is 1.26. The van der Waals surface area contributed by atoms with Gasteiger partial charge in [-0.25, -0.2) is 5.06 Å². The Morgan fingerprint density at radius 3 is 2.65 bits per heavy atom. The van der Waals surface area contributed by atoms with Crippen LogP contribution < -0.4 is 5.06 Å². The Morgan fingerprint density at radius 1 is 1.53 bits per heavy atom. The molecule has 0 saturated carbocycles. The summed E-state index contributed by atoms with van der Waals surface area (Å²) in [5, 5.41) is 12.4. The molecule has 0 unspecified atom stereocenters. The first-order valence-electron chi connectivity index (χ1n) is 5.06. The van der Waals surface area contributed by atoms with Crippen LogP contribution in [0, 0.1) is 10.1 Å². The molecule has 92 valence electrons. The van der Waals surface area contributed by atoms with Crippen molar-refractivity contribution in [3.8, 4) is 0 Å². The topological polar surface area (TPSA) is 55.6 Å². The number of hydroxylamine groups is 1. The molecule has 0 N–H and O–H groups in total. The number of rotatable bonds is 6. The SMILES string of the molecule is CCON(C(=C[N+](=O)[O-])SC)c1ccccc1. The molecule has 0 radical (unpaired) electrons. The van der Waals surface area contributed by atoms with E-state index in [2.05, 4.69) is 0 Å². The lowest BCUT2D eigenvalue weighted by molar-refractivity contribution is -0.403. The average Bonchev–Trinajstić information content (AvgIpc) is 2.34. The van der Waals surface area contributed by atoms with Crippen molar-refractivity contribution in [1.82, 2.24) is 0 Å². The number of nitro groups is 1. The molecule has 1 rings (SSSR count). The van der Waals surface area contributed by atoms with Gasteiger partial charge in [-0.2, -0.15) is 0 Å². The van der Waals surface area contributed by atoms with E-state index in [1.54, 1.807) is 6.26 Å². The molecule has 0 spiro atoms. The van der Waals surface area contributed by atoms with Gasteiger partial charge in [-0.3, -0.25) is 15.0 Å². The van der Waals surface area contributed by atoms with Crippen LogP contribution in [0.4, 0.5) is 5.69 Å². The fourth-order valence-electron chi connectivity index (χ4n) is 1.24. The van der Waals surface area contributed by atoms with E-state index in [1.807, 2.05) is 37.3 Å². The molecule has 0 heterocycles. The number of hydrogen-bond donors (Lipinski definition) is 0. The summed E-state index contributed by atoms with van der Waals surface area (Å²) in [6.45, 7) is 2.27. The van der Waals surface area contributed by atoms with Crippen molar-refractivity contribution in [3.05, 3.63) is 51.7 Å². The Morgan fingerprint density at radius 2 is 2.18 bits per heavy atom. The van der Waals surface area contributed by atoms with Crippen LogP contribution >= 0.6 is 11.8 Å². The maximum atomic E-state index is 10.5. The highest BCUT2D eigenvalue weighted by Gasteiger charge is 2.15. The molecular weight excluding hydrogens is 240 g/mol. The van der Waals surface area contributed by atoms with Crippen LogP contribution in [0.25, 0.3) is 0 Å². The summed E-state index contributed by atoms with van der Waals surface area (Å²) in [6.07, 6.45) is 2.71. The van der Waals surface area contributed by atoms with Gasteiger partial charge in [0.25, 0.3) is 6.20 Å². The van der Waals surface area contributed by atoms with Gasteiger partial charge in [0.15, 0.2) is 5.03 Å². The summed E-state index contributed by atoms with van der Waals surface area (Å²) in [5.41, 5.74) is 0.761. The number of thioether (sulfide) groups is 1. The van der Waals surface area contributed by atoms with E-state index in [-0.39, 0.29) is 0 Å². The second kappa shape index (κ2) is 6.93. The lowest BCUT2D eigenvalue weighted by Crippen LogP contribution is -2.22. The van der Waals surface area contributed by atoms with E-state index < -0.39 is 4.92 Å². The third kappa shape index (κ3) is 4.08. The predicted octanol–water partition coefficient (Wildman–Crippen LogP) is 2.88. The molecule has 6 heteroatoms. The minimum atomic E-state index is -0.485. The highest BCUT2D eigenvalue weighted by atomic mass is 32.2. The summed E-state index contributed by atoms with van der Waals surface area (Å²) in [4.78, 5) is 15.5. The van der Waals surface area contributed by atoms with Gasteiger partial charge in [-0.15, -0.1) is 11.8 Å². The maximum absolute atomic E-state index is 10.5.